The molecule has 0 aliphatic rings. The van der Waals surface area contributed by atoms with Gasteiger partial charge in [-0.05, 0) is 31.2 Å². The molecule has 0 fully saturated rings. The molecule has 7 nitrogen and oxygen atoms in total. The average Bonchev–Trinajstić information content (AvgIpc) is 2.61. The zero-order chi connectivity index (χ0) is 20.3. The first kappa shape index (κ1) is 22.4. The molecule has 1 amide bonds. The summed E-state index contributed by atoms with van der Waals surface area (Å²) in [7, 11) is 2.67. The number of hydrogen-bond donors (Lipinski definition) is 2. The molecule has 0 saturated carbocycles. The maximum Gasteiger partial charge on any atom is 0.406 e. The van der Waals surface area contributed by atoms with E-state index in [0.29, 0.717) is 36.3 Å². The maximum absolute atomic E-state index is 12.3. The molecule has 0 radical (unpaired) electrons. The van der Waals surface area contributed by atoms with Crippen molar-refractivity contribution in [3.05, 3.63) is 24.3 Å². The number of hydrogen-bond acceptors (Lipinski definition) is 4. The van der Waals surface area contributed by atoms with Crippen LogP contribution >= 0.6 is 0 Å². The van der Waals surface area contributed by atoms with Gasteiger partial charge in [-0.2, -0.15) is 13.2 Å². The molecular formula is C17H25F3N4O3. The highest BCUT2D eigenvalue weighted by atomic mass is 19.4. The molecule has 2 N–H and O–H groups in total. The standard InChI is InChI=1S/C17H25F3N4O3/c1-4-21-16(23-11-15(25)24(2)12-17(18,19)20)22-9-10-27-14-7-5-13(26-3)6-8-14/h5-8H,4,9-12H2,1-3H3,(H2,21,22,23). The number of ether oxygens (including phenoxy) is 2. The Morgan fingerprint density at radius 2 is 1.81 bits per heavy atom. The predicted octanol–water partition coefficient (Wildman–Crippen LogP) is 1.65. The Kier molecular flexibility index (Phi) is 9.24. The second-order valence-electron chi connectivity index (χ2n) is 5.51. The smallest absolute Gasteiger partial charge is 0.406 e. The lowest BCUT2D eigenvalue weighted by Crippen LogP contribution is -2.41. The summed E-state index contributed by atoms with van der Waals surface area (Å²) >= 11 is 0. The van der Waals surface area contributed by atoms with Gasteiger partial charge in [0.05, 0.1) is 13.7 Å². The average molecular weight is 390 g/mol. The van der Waals surface area contributed by atoms with Gasteiger partial charge in [0.25, 0.3) is 0 Å². The molecule has 27 heavy (non-hydrogen) atoms. The minimum absolute atomic E-state index is 0.324. The van der Waals surface area contributed by atoms with Crippen LogP contribution in [0.3, 0.4) is 0 Å². The Morgan fingerprint density at radius 1 is 1.19 bits per heavy atom. The van der Waals surface area contributed by atoms with Gasteiger partial charge < -0.3 is 25.0 Å². The van der Waals surface area contributed by atoms with Crippen LogP contribution in [0, 0.1) is 0 Å². The van der Waals surface area contributed by atoms with E-state index in [-0.39, 0.29) is 6.54 Å². The van der Waals surface area contributed by atoms with Crippen molar-refractivity contribution in [1.29, 1.82) is 0 Å². The number of guanidine groups is 1. The summed E-state index contributed by atoms with van der Waals surface area (Å²) in [6.07, 6.45) is -4.43. The number of halogens is 3. The highest BCUT2D eigenvalue weighted by Gasteiger charge is 2.30. The van der Waals surface area contributed by atoms with E-state index in [9.17, 15) is 18.0 Å². The topological polar surface area (TPSA) is 75.2 Å². The molecule has 0 aliphatic heterocycles. The molecule has 1 rings (SSSR count). The van der Waals surface area contributed by atoms with Crippen LogP contribution in [0.25, 0.3) is 0 Å². The van der Waals surface area contributed by atoms with Crippen LogP contribution < -0.4 is 20.1 Å². The molecule has 10 heteroatoms. The van der Waals surface area contributed by atoms with Gasteiger partial charge in [0.1, 0.15) is 31.2 Å². The number of nitrogens with one attached hydrogen (secondary N) is 2. The summed E-state index contributed by atoms with van der Waals surface area (Å²) in [5.74, 6) is 0.995. The van der Waals surface area contributed by atoms with Crippen LogP contribution in [0.4, 0.5) is 13.2 Å². The summed E-state index contributed by atoms with van der Waals surface area (Å²) in [5.41, 5.74) is 0. The third-order valence-electron chi connectivity index (χ3n) is 3.28. The SMILES string of the molecule is CCNC(=NCC(=O)N(C)CC(F)(F)F)NCCOc1ccc(OC)cc1. The van der Waals surface area contributed by atoms with Crippen molar-refractivity contribution >= 4 is 11.9 Å². The van der Waals surface area contributed by atoms with E-state index in [2.05, 4.69) is 15.6 Å². The molecule has 1 aromatic rings. The Morgan fingerprint density at radius 3 is 2.37 bits per heavy atom. The number of benzene rings is 1. The van der Waals surface area contributed by atoms with Crippen molar-refractivity contribution in [3.63, 3.8) is 0 Å². The third kappa shape index (κ3) is 9.57. The van der Waals surface area contributed by atoms with Crippen molar-refractivity contribution in [3.8, 4) is 11.5 Å². The minimum atomic E-state index is -4.43. The maximum atomic E-state index is 12.3. The molecule has 0 bridgehead atoms. The second kappa shape index (κ2) is 11.1. The molecule has 152 valence electrons. The number of methoxy groups -OCH3 is 1. The van der Waals surface area contributed by atoms with Crippen LogP contribution in [0.15, 0.2) is 29.3 Å². The van der Waals surface area contributed by atoms with Crippen LogP contribution in [0.2, 0.25) is 0 Å². The van der Waals surface area contributed by atoms with Gasteiger partial charge in [0.15, 0.2) is 5.96 Å². The molecule has 0 unspecified atom stereocenters. The van der Waals surface area contributed by atoms with Crippen LogP contribution in [0.5, 0.6) is 11.5 Å². The number of carbonyl (C=O) groups excluding carboxylic acids is 1. The van der Waals surface area contributed by atoms with Gasteiger partial charge in [-0.1, -0.05) is 0 Å². The number of likely N-dealkylation sites (N-methyl/N-ethyl adjacent to an activating group) is 1. The summed E-state index contributed by atoms with van der Waals surface area (Å²) in [5, 5.41) is 5.86. The van der Waals surface area contributed by atoms with Crippen LogP contribution in [-0.2, 0) is 4.79 Å². The Labute approximate surface area is 156 Å². The number of carbonyl (C=O) groups is 1. The Hall–Kier alpha value is -2.65. The van der Waals surface area contributed by atoms with Crippen molar-refractivity contribution in [2.45, 2.75) is 13.1 Å². The van der Waals surface area contributed by atoms with Gasteiger partial charge in [0, 0.05) is 13.6 Å². The van der Waals surface area contributed by atoms with Gasteiger partial charge in [0.2, 0.25) is 5.91 Å². The Balaban J connectivity index is 2.43. The number of aliphatic imine (C=N–C) groups is 1. The monoisotopic (exact) mass is 390 g/mol. The first-order chi connectivity index (χ1) is 12.7. The van der Waals surface area contributed by atoms with Crippen molar-refractivity contribution in [2.75, 3.05) is 46.9 Å². The summed E-state index contributed by atoms with van der Waals surface area (Å²) in [6, 6.07) is 7.09. The van der Waals surface area contributed by atoms with E-state index in [1.54, 1.807) is 31.4 Å². The summed E-state index contributed by atoms with van der Waals surface area (Å²) in [6.45, 7) is 1.41. The van der Waals surface area contributed by atoms with Crippen LogP contribution in [0.1, 0.15) is 6.92 Å². The largest absolute Gasteiger partial charge is 0.497 e. The summed E-state index contributed by atoms with van der Waals surface area (Å²) in [4.78, 5) is 16.3. The lowest BCUT2D eigenvalue weighted by molar-refractivity contribution is -0.157. The summed E-state index contributed by atoms with van der Waals surface area (Å²) < 4.78 is 47.5. The number of rotatable bonds is 9. The quantitative estimate of drug-likeness (QED) is 0.381. The molecular weight excluding hydrogens is 365 g/mol. The zero-order valence-corrected chi connectivity index (χ0v) is 15.6. The Bertz CT molecular complexity index is 606. The van der Waals surface area contributed by atoms with E-state index in [4.69, 9.17) is 9.47 Å². The molecule has 0 saturated heterocycles. The van der Waals surface area contributed by atoms with E-state index >= 15 is 0 Å². The second-order valence-corrected chi connectivity index (χ2v) is 5.51. The lowest BCUT2D eigenvalue weighted by atomic mass is 10.3. The fraction of sp³-hybridized carbons (Fsp3) is 0.529. The van der Waals surface area contributed by atoms with E-state index in [1.807, 2.05) is 6.92 Å². The molecule has 0 spiro atoms. The molecule has 1 aromatic carbocycles. The van der Waals surface area contributed by atoms with Gasteiger partial charge in [-0.25, -0.2) is 4.99 Å². The number of nitrogens with zero attached hydrogens (tertiary/aromatic N) is 2. The number of alkyl halides is 3. The first-order valence-electron chi connectivity index (χ1n) is 8.35. The highest BCUT2D eigenvalue weighted by molar-refractivity contribution is 5.84. The van der Waals surface area contributed by atoms with Crippen molar-refractivity contribution < 1.29 is 27.4 Å². The van der Waals surface area contributed by atoms with Crippen molar-refractivity contribution in [1.82, 2.24) is 15.5 Å². The predicted molar refractivity (Wildman–Crippen MR) is 96.2 cm³/mol. The van der Waals surface area contributed by atoms with E-state index in [1.165, 1.54) is 0 Å². The van der Waals surface area contributed by atoms with Gasteiger partial charge in [-0.3, -0.25) is 4.79 Å². The number of amides is 1. The molecule has 0 heterocycles. The van der Waals surface area contributed by atoms with Crippen molar-refractivity contribution in [2.24, 2.45) is 4.99 Å². The first-order valence-corrected chi connectivity index (χ1v) is 8.35. The van der Waals surface area contributed by atoms with E-state index in [0.717, 1.165) is 12.8 Å². The molecule has 0 aromatic heterocycles. The normalized spacial score (nSPS) is 11.7. The van der Waals surface area contributed by atoms with E-state index < -0.39 is 18.6 Å². The van der Waals surface area contributed by atoms with Crippen LogP contribution in [-0.4, -0.2) is 69.9 Å². The van der Waals surface area contributed by atoms with Gasteiger partial charge >= 0.3 is 6.18 Å². The zero-order valence-electron chi connectivity index (χ0n) is 15.6. The third-order valence-corrected chi connectivity index (χ3v) is 3.28. The lowest BCUT2D eigenvalue weighted by Gasteiger charge is -2.18. The van der Waals surface area contributed by atoms with Gasteiger partial charge in [-0.15, -0.1) is 0 Å². The fourth-order valence-electron chi connectivity index (χ4n) is 1.98. The minimum Gasteiger partial charge on any atom is -0.497 e. The highest BCUT2D eigenvalue weighted by Crippen LogP contribution is 2.17. The molecule has 0 aliphatic carbocycles. The fourth-order valence-corrected chi connectivity index (χ4v) is 1.98. The molecule has 0 atom stereocenters.